The maximum Gasteiger partial charge on any atom is 0.356 e. The van der Waals surface area contributed by atoms with E-state index >= 15 is 0 Å². The highest BCUT2D eigenvalue weighted by Crippen LogP contribution is 2.14. The van der Waals surface area contributed by atoms with Gasteiger partial charge in [0.1, 0.15) is 12.1 Å². The summed E-state index contributed by atoms with van der Waals surface area (Å²) in [4.78, 5) is 23.2. The number of fused-ring (bicyclic) bond motifs is 1. The molecule has 3 aromatic rings. The first-order valence-corrected chi connectivity index (χ1v) is 6.39. The molecule has 9 heteroatoms. The van der Waals surface area contributed by atoms with Crippen molar-refractivity contribution in [2.75, 3.05) is 5.32 Å². The number of carboxylic acids is 1. The number of nitrogens with one attached hydrogen (secondary N) is 1. The molecular formula is C13H12N6O3. The lowest BCUT2D eigenvalue weighted by molar-refractivity contribution is -0.116. The number of benzene rings is 1. The van der Waals surface area contributed by atoms with E-state index in [1.807, 2.05) is 12.1 Å². The van der Waals surface area contributed by atoms with Gasteiger partial charge in [0.25, 0.3) is 0 Å². The SMILES string of the molecule is Cn1ncc(NC(=O)Cn2nnc3ccccc32)c1C(=O)O. The molecule has 0 spiro atoms. The summed E-state index contributed by atoms with van der Waals surface area (Å²) in [6.07, 6.45) is 1.29. The second-order valence-electron chi connectivity index (χ2n) is 4.62. The summed E-state index contributed by atoms with van der Waals surface area (Å²) in [5, 5.41) is 23.3. The maximum atomic E-state index is 12.1. The molecule has 0 fully saturated rings. The molecule has 22 heavy (non-hydrogen) atoms. The summed E-state index contributed by atoms with van der Waals surface area (Å²) < 4.78 is 2.63. The van der Waals surface area contributed by atoms with Crippen LogP contribution in [0.2, 0.25) is 0 Å². The number of nitrogens with zero attached hydrogens (tertiary/aromatic N) is 5. The summed E-state index contributed by atoms with van der Waals surface area (Å²) in [5.74, 6) is -1.58. The number of hydrogen-bond donors (Lipinski definition) is 2. The quantitative estimate of drug-likeness (QED) is 0.725. The van der Waals surface area contributed by atoms with Crippen LogP contribution in [0.4, 0.5) is 5.69 Å². The van der Waals surface area contributed by atoms with E-state index in [9.17, 15) is 9.59 Å². The van der Waals surface area contributed by atoms with Crippen molar-refractivity contribution in [3.05, 3.63) is 36.2 Å². The third-order valence-electron chi connectivity index (χ3n) is 3.13. The van der Waals surface area contributed by atoms with Crippen LogP contribution >= 0.6 is 0 Å². The number of rotatable bonds is 4. The number of carboxylic acid groups (broad SMARTS) is 1. The lowest BCUT2D eigenvalue weighted by Gasteiger charge is -2.05. The summed E-state index contributed by atoms with van der Waals surface area (Å²) >= 11 is 0. The van der Waals surface area contributed by atoms with E-state index in [1.54, 1.807) is 12.1 Å². The number of anilines is 1. The maximum absolute atomic E-state index is 12.1. The zero-order chi connectivity index (χ0) is 15.7. The molecule has 0 aliphatic carbocycles. The van der Waals surface area contributed by atoms with Crippen LogP contribution in [-0.2, 0) is 18.4 Å². The van der Waals surface area contributed by atoms with Crippen molar-refractivity contribution in [2.45, 2.75) is 6.54 Å². The molecule has 2 aromatic heterocycles. The Bertz CT molecular complexity index is 866. The second-order valence-corrected chi connectivity index (χ2v) is 4.62. The van der Waals surface area contributed by atoms with E-state index in [0.717, 1.165) is 5.52 Å². The van der Waals surface area contributed by atoms with Crippen molar-refractivity contribution in [3.63, 3.8) is 0 Å². The predicted molar refractivity (Wildman–Crippen MR) is 76.3 cm³/mol. The monoisotopic (exact) mass is 300 g/mol. The van der Waals surface area contributed by atoms with Crippen molar-refractivity contribution in [1.82, 2.24) is 24.8 Å². The van der Waals surface area contributed by atoms with Crippen LogP contribution < -0.4 is 5.32 Å². The number of para-hydroxylation sites is 1. The fourth-order valence-electron chi connectivity index (χ4n) is 2.14. The van der Waals surface area contributed by atoms with Gasteiger partial charge in [-0.3, -0.25) is 9.48 Å². The molecule has 2 heterocycles. The number of carbonyl (C=O) groups is 2. The van der Waals surface area contributed by atoms with Gasteiger partial charge in [-0.15, -0.1) is 5.10 Å². The van der Waals surface area contributed by atoms with E-state index < -0.39 is 11.9 Å². The van der Waals surface area contributed by atoms with Crippen LogP contribution in [0.15, 0.2) is 30.5 Å². The van der Waals surface area contributed by atoms with E-state index in [0.29, 0.717) is 5.52 Å². The predicted octanol–water partition coefficient (Wildman–Crippen LogP) is 0.502. The number of amides is 1. The van der Waals surface area contributed by atoms with Crippen LogP contribution in [0.3, 0.4) is 0 Å². The molecular weight excluding hydrogens is 288 g/mol. The molecule has 0 aliphatic rings. The largest absolute Gasteiger partial charge is 0.476 e. The normalized spacial score (nSPS) is 10.8. The Morgan fingerprint density at radius 3 is 2.86 bits per heavy atom. The molecule has 0 saturated heterocycles. The van der Waals surface area contributed by atoms with Gasteiger partial charge in [-0.1, -0.05) is 17.3 Å². The Hall–Kier alpha value is -3.23. The molecule has 9 nitrogen and oxygen atoms in total. The minimum Gasteiger partial charge on any atom is -0.476 e. The van der Waals surface area contributed by atoms with E-state index in [-0.39, 0.29) is 17.9 Å². The van der Waals surface area contributed by atoms with E-state index in [4.69, 9.17) is 5.11 Å². The Morgan fingerprint density at radius 2 is 2.09 bits per heavy atom. The molecule has 1 amide bonds. The molecule has 0 atom stereocenters. The highest BCUT2D eigenvalue weighted by molar-refractivity contribution is 5.99. The van der Waals surface area contributed by atoms with Gasteiger partial charge < -0.3 is 10.4 Å². The minimum atomic E-state index is -1.17. The van der Waals surface area contributed by atoms with Gasteiger partial charge in [0.15, 0.2) is 5.69 Å². The topological polar surface area (TPSA) is 115 Å². The molecule has 3 rings (SSSR count). The molecule has 112 valence electrons. The Balaban J connectivity index is 1.80. The van der Waals surface area contributed by atoms with Gasteiger partial charge in [-0.25, -0.2) is 9.48 Å². The lowest BCUT2D eigenvalue weighted by Crippen LogP contribution is -2.21. The summed E-state index contributed by atoms with van der Waals surface area (Å²) in [5.41, 5.74) is 1.46. The molecule has 0 radical (unpaired) electrons. The van der Waals surface area contributed by atoms with Crippen molar-refractivity contribution in [2.24, 2.45) is 7.05 Å². The molecule has 2 N–H and O–H groups in total. The van der Waals surface area contributed by atoms with Crippen molar-refractivity contribution < 1.29 is 14.7 Å². The number of hydrogen-bond acceptors (Lipinski definition) is 5. The Labute approximate surface area is 124 Å². The third-order valence-corrected chi connectivity index (χ3v) is 3.13. The van der Waals surface area contributed by atoms with Gasteiger partial charge >= 0.3 is 5.97 Å². The Kier molecular flexibility index (Phi) is 3.30. The summed E-state index contributed by atoms with van der Waals surface area (Å²) in [7, 11) is 1.49. The fraction of sp³-hybridized carbons (Fsp3) is 0.154. The first-order chi connectivity index (χ1) is 10.6. The van der Waals surface area contributed by atoms with Gasteiger partial charge in [0.05, 0.1) is 17.4 Å². The van der Waals surface area contributed by atoms with Crippen LogP contribution in [0.25, 0.3) is 11.0 Å². The number of aromatic nitrogens is 5. The highest BCUT2D eigenvalue weighted by Gasteiger charge is 2.18. The molecule has 1 aromatic carbocycles. The average molecular weight is 300 g/mol. The number of aromatic carboxylic acids is 1. The van der Waals surface area contributed by atoms with Crippen molar-refractivity contribution in [1.29, 1.82) is 0 Å². The average Bonchev–Trinajstić information content (AvgIpc) is 3.03. The minimum absolute atomic E-state index is 0.0749. The lowest BCUT2D eigenvalue weighted by atomic mass is 10.3. The molecule has 0 unspecified atom stereocenters. The first-order valence-electron chi connectivity index (χ1n) is 6.39. The fourth-order valence-corrected chi connectivity index (χ4v) is 2.14. The van der Waals surface area contributed by atoms with Crippen LogP contribution in [-0.4, -0.2) is 41.8 Å². The highest BCUT2D eigenvalue weighted by atomic mass is 16.4. The van der Waals surface area contributed by atoms with E-state index in [2.05, 4.69) is 20.7 Å². The van der Waals surface area contributed by atoms with Crippen LogP contribution in [0.5, 0.6) is 0 Å². The van der Waals surface area contributed by atoms with Crippen molar-refractivity contribution >= 4 is 28.6 Å². The first kappa shape index (κ1) is 13.7. The zero-order valence-corrected chi connectivity index (χ0v) is 11.6. The van der Waals surface area contributed by atoms with Gasteiger partial charge in [0.2, 0.25) is 5.91 Å². The van der Waals surface area contributed by atoms with Crippen LogP contribution in [0.1, 0.15) is 10.5 Å². The molecule has 0 aliphatic heterocycles. The van der Waals surface area contributed by atoms with Crippen molar-refractivity contribution in [3.8, 4) is 0 Å². The summed E-state index contributed by atoms with van der Waals surface area (Å²) in [6, 6.07) is 7.25. The van der Waals surface area contributed by atoms with Gasteiger partial charge in [-0.05, 0) is 12.1 Å². The number of carbonyl (C=O) groups excluding carboxylic acids is 1. The third kappa shape index (κ3) is 2.39. The standard InChI is InChI=1S/C13H12N6O3/c1-18-12(13(21)22)9(6-14-18)15-11(20)7-19-10-5-3-2-4-8(10)16-17-19/h2-6H,7H2,1H3,(H,15,20)(H,21,22). The summed E-state index contributed by atoms with van der Waals surface area (Å²) in [6.45, 7) is -0.0749. The molecule has 0 bridgehead atoms. The smallest absolute Gasteiger partial charge is 0.356 e. The van der Waals surface area contributed by atoms with Crippen LogP contribution in [0, 0.1) is 0 Å². The second kappa shape index (κ2) is 5.28. The van der Waals surface area contributed by atoms with E-state index in [1.165, 1.54) is 22.6 Å². The number of aryl methyl sites for hydroxylation is 1. The zero-order valence-electron chi connectivity index (χ0n) is 11.6. The Morgan fingerprint density at radius 1 is 1.32 bits per heavy atom. The van der Waals surface area contributed by atoms with Gasteiger partial charge in [0, 0.05) is 7.05 Å². The van der Waals surface area contributed by atoms with Gasteiger partial charge in [-0.2, -0.15) is 5.10 Å². The molecule has 0 saturated carbocycles.